The van der Waals surface area contributed by atoms with E-state index in [0.29, 0.717) is 13.1 Å². The number of pyridine rings is 1. The summed E-state index contributed by atoms with van der Waals surface area (Å²) in [4.78, 5) is 16.2. The molecule has 0 fully saturated rings. The van der Waals surface area contributed by atoms with Crippen molar-refractivity contribution in [3.05, 3.63) is 66.0 Å². The zero-order valence-corrected chi connectivity index (χ0v) is 13.8. The van der Waals surface area contributed by atoms with E-state index in [1.807, 2.05) is 48.7 Å². The minimum atomic E-state index is -0.287. The van der Waals surface area contributed by atoms with Crippen LogP contribution in [-0.4, -0.2) is 24.0 Å². The Morgan fingerprint density at radius 1 is 1.14 bits per heavy atom. The molecule has 0 bridgehead atoms. The standard InChI is InChI=1S/C16H19N3O.2ClH/c17-11-15(14-6-2-1-3-7-14)16(20)19-10-8-13-5-4-9-18-12-13;;/h1-7,9,12,15H,8,10-11,17H2,(H,19,20);2*1H. The van der Waals surface area contributed by atoms with Gasteiger partial charge in [0.15, 0.2) is 0 Å². The first-order valence-electron chi connectivity index (χ1n) is 6.73. The molecule has 1 aromatic carbocycles. The Morgan fingerprint density at radius 3 is 2.45 bits per heavy atom. The second-order valence-electron chi connectivity index (χ2n) is 4.60. The van der Waals surface area contributed by atoms with Gasteiger partial charge >= 0.3 is 0 Å². The molecule has 0 saturated heterocycles. The Labute approximate surface area is 143 Å². The van der Waals surface area contributed by atoms with Crippen LogP contribution >= 0.6 is 24.8 Å². The molecule has 1 heterocycles. The molecular formula is C16H21Cl2N3O. The Kier molecular flexibility index (Phi) is 10.2. The first-order valence-corrected chi connectivity index (χ1v) is 6.73. The van der Waals surface area contributed by atoms with Gasteiger partial charge in [0.1, 0.15) is 0 Å². The fourth-order valence-corrected chi connectivity index (χ4v) is 2.08. The largest absolute Gasteiger partial charge is 0.355 e. The molecule has 22 heavy (non-hydrogen) atoms. The van der Waals surface area contributed by atoms with Crippen molar-refractivity contribution in [2.45, 2.75) is 12.3 Å². The van der Waals surface area contributed by atoms with Crippen molar-refractivity contribution in [1.29, 1.82) is 0 Å². The van der Waals surface area contributed by atoms with Gasteiger partial charge in [-0.2, -0.15) is 0 Å². The van der Waals surface area contributed by atoms with Crippen LogP contribution in [0.1, 0.15) is 17.0 Å². The first-order chi connectivity index (χ1) is 9.81. The van der Waals surface area contributed by atoms with Gasteiger partial charge in [-0.15, -0.1) is 24.8 Å². The molecule has 1 amide bonds. The third-order valence-corrected chi connectivity index (χ3v) is 3.19. The van der Waals surface area contributed by atoms with E-state index < -0.39 is 0 Å². The molecule has 6 heteroatoms. The summed E-state index contributed by atoms with van der Waals surface area (Å²) in [7, 11) is 0. The molecule has 2 rings (SSSR count). The summed E-state index contributed by atoms with van der Waals surface area (Å²) in [5.41, 5.74) is 7.78. The van der Waals surface area contributed by atoms with E-state index >= 15 is 0 Å². The molecule has 0 spiro atoms. The maximum absolute atomic E-state index is 12.2. The second kappa shape index (κ2) is 11.0. The van der Waals surface area contributed by atoms with Crippen LogP contribution < -0.4 is 11.1 Å². The molecule has 1 aromatic heterocycles. The van der Waals surface area contributed by atoms with E-state index in [1.165, 1.54) is 0 Å². The number of hydrogen-bond donors (Lipinski definition) is 2. The molecule has 3 N–H and O–H groups in total. The minimum absolute atomic E-state index is 0. The molecule has 120 valence electrons. The Bertz CT molecular complexity index is 538. The Morgan fingerprint density at radius 2 is 1.86 bits per heavy atom. The van der Waals surface area contributed by atoms with Crippen molar-refractivity contribution in [3.63, 3.8) is 0 Å². The molecule has 4 nitrogen and oxygen atoms in total. The van der Waals surface area contributed by atoms with Gasteiger partial charge in [-0.05, 0) is 23.6 Å². The number of carbonyl (C=O) groups excluding carboxylic acids is 1. The predicted molar refractivity (Wildman–Crippen MR) is 93.7 cm³/mol. The van der Waals surface area contributed by atoms with Crippen LogP contribution in [0.2, 0.25) is 0 Å². The van der Waals surface area contributed by atoms with Crippen LogP contribution in [0, 0.1) is 0 Å². The summed E-state index contributed by atoms with van der Waals surface area (Å²) in [5.74, 6) is -0.312. The summed E-state index contributed by atoms with van der Waals surface area (Å²) in [6.07, 6.45) is 4.32. The molecule has 0 aliphatic carbocycles. The summed E-state index contributed by atoms with van der Waals surface area (Å²) < 4.78 is 0. The number of rotatable bonds is 6. The number of benzene rings is 1. The average molecular weight is 342 g/mol. The number of halogens is 2. The van der Waals surface area contributed by atoms with Crippen molar-refractivity contribution < 1.29 is 4.79 Å². The van der Waals surface area contributed by atoms with Gasteiger partial charge < -0.3 is 11.1 Å². The van der Waals surface area contributed by atoms with E-state index in [2.05, 4.69) is 10.3 Å². The lowest BCUT2D eigenvalue weighted by Crippen LogP contribution is -2.34. The smallest absolute Gasteiger partial charge is 0.228 e. The van der Waals surface area contributed by atoms with E-state index in [9.17, 15) is 4.79 Å². The fraction of sp³-hybridized carbons (Fsp3) is 0.250. The molecule has 0 saturated carbocycles. The Hall–Kier alpha value is -1.62. The maximum Gasteiger partial charge on any atom is 0.228 e. The zero-order chi connectivity index (χ0) is 14.2. The van der Waals surface area contributed by atoms with Crippen LogP contribution in [0.4, 0.5) is 0 Å². The number of nitrogens with two attached hydrogens (primary N) is 1. The van der Waals surface area contributed by atoms with E-state index in [0.717, 1.165) is 17.5 Å². The number of carbonyl (C=O) groups is 1. The SMILES string of the molecule is Cl.Cl.NCC(C(=O)NCCc1cccnc1)c1ccccc1. The van der Waals surface area contributed by atoms with E-state index in [4.69, 9.17) is 5.73 Å². The van der Waals surface area contributed by atoms with Crippen molar-refractivity contribution in [1.82, 2.24) is 10.3 Å². The van der Waals surface area contributed by atoms with Crippen molar-refractivity contribution in [2.75, 3.05) is 13.1 Å². The number of nitrogens with zero attached hydrogens (tertiary/aromatic N) is 1. The second-order valence-corrected chi connectivity index (χ2v) is 4.60. The van der Waals surface area contributed by atoms with Gasteiger partial charge in [0.25, 0.3) is 0 Å². The minimum Gasteiger partial charge on any atom is -0.355 e. The number of amides is 1. The number of hydrogen-bond acceptors (Lipinski definition) is 3. The highest BCUT2D eigenvalue weighted by Crippen LogP contribution is 2.13. The van der Waals surface area contributed by atoms with Crippen LogP contribution in [-0.2, 0) is 11.2 Å². The van der Waals surface area contributed by atoms with Crippen LogP contribution in [0.3, 0.4) is 0 Å². The van der Waals surface area contributed by atoms with Gasteiger partial charge in [-0.1, -0.05) is 36.4 Å². The third-order valence-electron chi connectivity index (χ3n) is 3.19. The topological polar surface area (TPSA) is 68.0 Å². The van der Waals surface area contributed by atoms with E-state index in [-0.39, 0.29) is 36.6 Å². The van der Waals surface area contributed by atoms with Gasteiger partial charge in [-0.3, -0.25) is 9.78 Å². The van der Waals surface area contributed by atoms with E-state index in [1.54, 1.807) is 6.20 Å². The quantitative estimate of drug-likeness (QED) is 0.847. The lowest BCUT2D eigenvalue weighted by Gasteiger charge is -2.15. The molecule has 0 aliphatic rings. The summed E-state index contributed by atoms with van der Waals surface area (Å²) >= 11 is 0. The fourth-order valence-electron chi connectivity index (χ4n) is 2.08. The highest BCUT2D eigenvalue weighted by molar-refractivity contribution is 5.85. The van der Waals surface area contributed by atoms with Crippen LogP contribution in [0.15, 0.2) is 54.9 Å². The van der Waals surface area contributed by atoms with Gasteiger partial charge in [0.05, 0.1) is 5.92 Å². The summed E-state index contributed by atoms with van der Waals surface area (Å²) in [6.45, 7) is 0.899. The molecule has 0 radical (unpaired) electrons. The normalized spacial score (nSPS) is 10.8. The van der Waals surface area contributed by atoms with Gasteiger partial charge in [-0.25, -0.2) is 0 Å². The monoisotopic (exact) mass is 341 g/mol. The average Bonchev–Trinajstić information content (AvgIpc) is 2.50. The molecule has 1 atom stereocenters. The summed E-state index contributed by atoms with van der Waals surface area (Å²) in [5, 5.41) is 2.93. The predicted octanol–water partition coefficient (Wildman–Crippen LogP) is 2.33. The van der Waals surface area contributed by atoms with Crippen LogP contribution in [0.25, 0.3) is 0 Å². The lowest BCUT2D eigenvalue weighted by atomic mass is 9.98. The van der Waals surface area contributed by atoms with Crippen molar-refractivity contribution >= 4 is 30.7 Å². The molecule has 1 unspecified atom stereocenters. The highest BCUT2D eigenvalue weighted by atomic mass is 35.5. The molecule has 2 aromatic rings. The number of aromatic nitrogens is 1. The van der Waals surface area contributed by atoms with Crippen molar-refractivity contribution in [3.8, 4) is 0 Å². The highest BCUT2D eigenvalue weighted by Gasteiger charge is 2.17. The zero-order valence-electron chi connectivity index (χ0n) is 12.1. The van der Waals surface area contributed by atoms with Crippen molar-refractivity contribution in [2.24, 2.45) is 5.73 Å². The maximum atomic E-state index is 12.2. The van der Waals surface area contributed by atoms with Gasteiger partial charge in [0.2, 0.25) is 5.91 Å². The number of nitrogens with one attached hydrogen (secondary N) is 1. The third kappa shape index (κ3) is 6.02. The first kappa shape index (κ1) is 20.4. The lowest BCUT2D eigenvalue weighted by molar-refractivity contribution is -0.122. The van der Waals surface area contributed by atoms with Gasteiger partial charge in [0, 0.05) is 25.5 Å². The van der Waals surface area contributed by atoms with Crippen LogP contribution in [0.5, 0.6) is 0 Å². The summed E-state index contributed by atoms with van der Waals surface area (Å²) in [6, 6.07) is 13.5. The molecular weight excluding hydrogens is 321 g/mol. The Balaban J connectivity index is 0.00000220. The molecule has 0 aliphatic heterocycles.